The van der Waals surface area contributed by atoms with Gasteiger partial charge in [-0.15, -0.1) is 0 Å². The zero-order valence-corrected chi connectivity index (χ0v) is 20.1. The molecule has 35 heavy (non-hydrogen) atoms. The maximum absolute atomic E-state index is 13.4. The molecule has 1 amide bonds. The third-order valence-corrected chi connectivity index (χ3v) is 7.04. The van der Waals surface area contributed by atoms with Crippen molar-refractivity contribution in [3.8, 4) is 11.5 Å². The number of aliphatic hydroxyl groups is 1. The molecule has 176 valence electrons. The molecule has 0 unspecified atom stereocenters. The molecule has 7 nitrogen and oxygen atoms in total. The fourth-order valence-electron chi connectivity index (χ4n) is 4.28. The Morgan fingerprint density at radius 2 is 1.77 bits per heavy atom. The number of carbonyl (C=O) groups is 2. The number of amides is 1. The van der Waals surface area contributed by atoms with Crippen molar-refractivity contribution < 1.29 is 24.2 Å². The average molecular weight is 487 g/mol. The lowest BCUT2D eigenvalue weighted by atomic mass is 9.95. The number of fused-ring (bicyclic) bond motifs is 1. The minimum atomic E-state index is -0.832. The van der Waals surface area contributed by atoms with Crippen LogP contribution in [0.3, 0.4) is 0 Å². The van der Waals surface area contributed by atoms with E-state index in [9.17, 15) is 14.7 Å². The van der Waals surface area contributed by atoms with Crippen molar-refractivity contribution in [2.75, 3.05) is 19.1 Å². The molecule has 2 heterocycles. The summed E-state index contributed by atoms with van der Waals surface area (Å²) < 4.78 is 11.4. The second-order valence-corrected chi connectivity index (χ2v) is 9.10. The number of methoxy groups -OCH3 is 2. The molecule has 0 spiro atoms. The number of benzene rings is 3. The largest absolute Gasteiger partial charge is 0.507 e. The molecule has 0 aliphatic carbocycles. The lowest BCUT2D eigenvalue weighted by Gasteiger charge is -2.23. The van der Waals surface area contributed by atoms with Crippen molar-refractivity contribution in [3.63, 3.8) is 0 Å². The quantitative estimate of drug-likeness (QED) is 0.236. The van der Waals surface area contributed by atoms with Crippen LogP contribution in [0.4, 0.5) is 5.13 Å². The van der Waals surface area contributed by atoms with E-state index in [1.165, 1.54) is 16.2 Å². The van der Waals surface area contributed by atoms with Crippen molar-refractivity contribution in [1.82, 2.24) is 4.98 Å². The van der Waals surface area contributed by atoms with Crippen molar-refractivity contribution >= 4 is 44.1 Å². The van der Waals surface area contributed by atoms with Gasteiger partial charge in [-0.05, 0) is 54.4 Å². The van der Waals surface area contributed by atoms with Crippen LogP contribution >= 0.6 is 11.3 Å². The minimum absolute atomic E-state index is 0.0163. The van der Waals surface area contributed by atoms with Gasteiger partial charge in [0, 0.05) is 5.56 Å². The van der Waals surface area contributed by atoms with Gasteiger partial charge in [-0.25, -0.2) is 4.98 Å². The first-order chi connectivity index (χ1) is 16.9. The topological polar surface area (TPSA) is 89.0 Å². The highest BCUT2D eigenvalue weighted by Gasteiger charge is 2.48. The number of rotatable bonds is 5. The summed E-state index contributed by atoms with van der Waals surface area (Å²) in [5.74, 6) is -0.415. The molecular formula is C27H22N2O5S. The van der Waals surface area contributed by atoms with Gasteiger partial charge in [0.25, 0.3) is 5.78 Å². The van der Waals surface area contributed by atoms with Crippen molar-refractivity contribution in [1.29, 1.82) is 0 Å². The van der Waals surface area contributed by atoms with Crippen LogP contribution in [0.5, 0.6) is 11.5 Å². The Bertz CT molecular complexity index is 1490. The van der Waals surface area contributed by atoms with Crippen LogP contribution in [-0.2, 0) is 9.59 Å². The monoisotopic (exact) mass is 486 g/mol. The summed E-state index contributed by atoms with van der Waals surface area (Å²) in [4.78, 5) is 32.7. The van der Waals surface area contributed by atoms with E-state index in [-0.39, 0.29) is 11.3 Å². The third kappa shape index (κ3) is 3.81. The fourth-order valence-corrected chi connectivity index (χ4v) is 5.31. The van der Waals surface area contributed by atoms with Crippen LogP contribution in [0.25, 0.3) is 16.0 Å². The predicted molar refractivity (Wildman–Crippen MR) is 135 cm³/mol. The molecule has 1 atom stereocenters. The highest BCUT2D eigenvalue weighted by Crippen LogP contribution is 2.44. The standard InChI is InChI=1S/C27H22N2O5S/c1-15-13-17(9-12-20(15)34-3)24(30)22-23(16-7-5-4-6-8-16)29(26(32)25(22)31)27-28-19-11-10-18(33-2)14-21(19)35-27/h4-14,23,30H,1-3H3/t23-/m0/s1. The summed E-state index contributed by atoms with van der Waals surface area (Å²) in [6, 6.07) is 18.9. The van der Waals surface area contributed by atoms with Gasteiger partial charge in [0.2, 0.25) is 0 Å². The zero-order valence-electron chi connectivity index (χ0n) is 19.3. The Balaban J connectivity index is 1.70. The number of aromatic nitrogens is 1. The molecule has 5 rings (SSSR count). The van der Waals surface area contributed by atoms with Gasteiger partial charge in [-0.3, -0.25) is 14.5 Å². The molecule has 8 heteroatoms. The second kappa shape index (κ2) is 8.88. The van der Waals surface area contributed by atoms with Crippen LogP contribution in [-0.4, -0.2) is 36.0 Å². The van der Waals surface area contributed by atoms with Gasteiger partial charge in [0.15, 0.2) is 5.13 Å². The van der Waals surface area contributed by atoms with Crippen LogP contribution in [0.1, 0.15) is 22.7 Å². The Morgan fingerprint density at radius 3 is 2.46 bits per heavy atom. The molecule has 1 aliphatic rings. The molecule has 0 radical (unpaired) electrons. The first kappa shape index (κ1) is 22.6. The molecule has 4 aromatic rings. The molecule has 1 fully saturated rings. The fraction of sp³-hybridized carbons (Fsp3) is 0.148. The number of aliphatic hydroxyl groups excluding tert-OH is 1. The van der Waals surface area contributed by atoms with E-state index in [0.717, 1.165) is 10.3 Å². The van der Waals surface area contributed by atoms with Gasteiger partial charge in [-0.1, -0.05) is 41.7 Å². The molecule has 0 bridgehead atoms. The third-order valence-electron chi connectivity index (χ3n) is 6.02. The lowest BCUT2D eigenvalue weighted by Crippen LogP contribution is -2.29. The van der Waals surface area contributed by atoms with Crippen LogP contribution in [0, 0.1) is 6.92 Å². The molecule has 0 saturated carbocycles. The van der Waals surface area contributed by atoms with E-state index in [1.54, 1.807) is 38.5 Å². The van der Waals surface area contributed by atoms with Gasteiger partial charge >= 0.3 is 5.91 Å². The predicted octanol–water partition coefficient (Wildman–Crippen LogP) is 5.25. The number of hydrogen-bond acceptors (Lipinski definition) is 7. The van der Waals surface area contributed by atoms with E-state index in [4.69, 9.17) is 9.47 Å². The zero-order chi connectivity index (χ0) is 24.7. The second-order valence-electron chi connectivity index (χ2n) is 8.09. The first-order valence-corrected chi connectivity index (χ1v) is 11.7. The van der Waals surface area contributed by atoms with Gasteiger partial charge < -0.3 is 14.6 Å². The summed E-state index contributed by atoms with van der Waals surface area (Å²) in [6.45, 7) is 1.85. The number of carbonyl (C=O) groups excluding carboxylic acids is 2. The van der Waals surface area contributed by atoms with Crippen LogP contribution in [0.2, 0.25) is 0 Å². The Labute approximate surface area is 205 Å². The highest BCUT2D eigenvalue weighted by atomic mass is 32.1. The first-order valence-electron chi connectivity index (χ1n) is 10.9. The van der Waals surface area contributed by atoms with E-state index in [2.05, 4.69) is 4.98 Å². The Morgan fingerprint density at radius 1 is 1.00 bits per heavy atom. The number of Topliss-reactive ketones (excluding diaryl/α,β-unsaturated/α-hetero) is 1. The maximum Gasteiger partial charge on any atom is 0.301 e. The number of thiazole rings is 1. The SMILES string of the molecule is COc1ccc2nc(N3C(=O)C(=O)C(=C(O)c4ccc(OC)c(C)c4)[C@@H]3c3ccccc3)sc2c1. The molecule has 1 saturated heterocycles. The van der Waals surface area contributed by atoms with E-state index < -0.39 is 17.7 Å². The smallest absolute Gasteiger partial charge is 0.301 e. The number of ether oxygens (including phenoxy) is 2. The van der Waals surface area contributed by atoms with Gasteiger partial charge in [0.1, 0.15) is 17.3 Å². The van der Waals surface area contributed by atoms with Gasteiger partial charge in [0.05, 0.1) is 36.1 Å². The Hall–Kier alpha value is -4.17. The van der Waals surface area contributed by atoms with Crippen LogP contribution < -0.4 is 14.4 Å². The number of aryl methyl sites for hydroxylation is 1. The summed E-state index contributed by atoms with van der Waals surface area (Å²) in [5.41, 5.74) is 2.61. The number of ketones is 1. The molecule has 3 aromatic carbocycles. The summed E-state index contributed by atoms with van der Waals surface area (Å²) >= 11 is 1.29. The molecule has 1 aromatic heterocycles. The number of anilines is 1. The van der Waals surface area contributed by atoms with Gasteiger partial charge in [-0.2, -0.15) is 0 Å². The van der Waals surface area contributed by atoms with E-state index >= 15 is 0 Å². The number of nitrogens with zero attached hydrogens (tertiary/aromatic N) is 2. The molecule has 1 aliphatic heterocycles. The minimum Gasteiger partial charge on any atom is -0.507 e. The number of hydrogen-bond donors (Lipinski definition) is 1. The van der Waals surface area contributed by atoms with E-state index in [0.29, 0.717) is 33.3 Å². The van der Waals surface area contributed by atoms with Crippen molar-refractivity contribution in [3.05, 3.63) is 89.0 Å². The normalized spacial score (nSPS) is 17.2. The van der Waals surface area contributed by atoms with E-state index in [1.807, 2.05) is 49.4 Å². The summed E-state index contributed by atoms with van der Waals surface area (Å²) in [6.07, 6.45) is 0. The summed E-state index contributed by atoms with van der Waals surface area (Å²) in [5, 5.41) is 11.7. The average Bonchev–Trinajstić information content (AvgIpc) is 3.41. The van der Waals surface area contributed by atoms with Crippen molar-refractivity contribution in [2.24, 2.45) is 0 Å². The molecular weight excluding hydrogens is 464 g/mol. The highest BCUT2D eigenvalue weighted by molar-refractivity contribution is 7.22. The van der Waals surface area contributed by atoms with Crippen molar-refractivity contribution in [2.45, 2.75) is 13.0 Å². The maximum atomic E-state index is 13.4. The lowest BCUT2D eigenvalue weighted by molar-refractivity contribution is -0.132. The molecule has 1 N–H and O–H groups in total. The summed E-state index contributed by atoms with van der Waals surface area (Å²) in [7, 11) is 3.15. The van der Waals surface area contributed by atoms with Crippen LogP contribution in [0.15, 0.2) is 72.3 Å². The Kier molecular flexibility index (Phi) is 5.74.